The molecule has 0 aromatic rings. The summed E-state index contributed by atoms with van der Waals surface area (Å²) in [6.45, 7) is 10.1. The molecule has 0 bridgehead atoms. The standard InChI is InChI=1S/C17H33N3O/c1-15(2)19-17(3,14-18)9-5-6-10-20(4)11-12-21-13-16-7-8-16/h15-16,19H,5-13H2,1-4H3. The summed E-state index contributed by atoms with van der Waals surface area (Å²) in [5.74, 6) is 0.854. The molecule has 0 aromatic carbocycles. The van der Waals surface area contributed by atoms with Crippen molar-refractivity contribution >= 4 is 0 Å². The average molecular weight is 295 g/mol. The van der Waals surface area contributed by atoms with Gasteiger partial charge in [-0.15, -0.1) is 0 Å². The highest BCUT2D eigenvalue weighted by Gasteiger charge is 2.23. The van der Waals surface area contributed by atoms with E-state index >= 15 is 0 Å². The van der Waals surface area contributed by atoms with Gasteiger partial charge in [0.05, 0.1) is 12.7 Å². The number of hydrogen-bond donors (Lipinski definition) is 1. The van der Waals surface area contributed by atoms with Gasteiger partial charge in [0.1, 0.15) is 5.54 Å². The lowest BCUT2D eigenvalue weighted by Gasteiger charge is -2.26. The van der Waals surface area contributed by atoms with Crippen LogP contribution in [0.25, 0.3) is 0 Å². The predicted molar refractivity (Wildman–Crippen MR) is 87.2 cm³/mol. The summed E-state index contributed by atoms with van der Waals surface area (Å²) < 4.78 is 5.66. The Morgan fingerprint density at radius 3 is 2.62 bits per heavy atom. The van der Waals surface area contributed by atoms with E-state index < -0.39 is 0 Å². The Hall–Kier alpha value is -0.630. The van der Waals surface area contributed by atoms with Gasteiger partial charge in [-0.2, -0.15) is 5.26 Å². The maximum atomic E-state index is 9.30. The van der Waals surface area contributed by atoms with Gasteiger partial charge in [-0.3, -0.25) is 5.32 Å². The van der Waals surface area contributed by atoms with Crippen molar-refractivity contribution < 1.29 is 4.74 Å². The molecule has 1 unspecified atom stereocenters. The van der Waals surface area contributed by atoms with E-state index in [-0.39, 0.29) is 5.54 Å². The van der Waals surface area contributed by atoms with Gasteiger partial charge in [-0.1, -0.05) is 0 Å². The number of nitrogens with zero attached hydrogens (tertiary/aromatic N) is 2. The van der Waals surface area contributed by atoms with E-state index in [2.05, 4.69) is 37.2 Å². The third-order valence-electron chi connectivity index (χ3n) is 3.99. The molecule has 1 aliphatic rings. The molecule has 4 nitrogen and oxygen atoms in total. The van der Waals surface area contributed by atoms with Crippen molar-refractivity contribution in [3.8, 4) is 6.07 Å². The highest BCUT2D eigenvalue weighted by Crippen LogP contribution is 2.28. The fourth-order valence-corrected chi connectivity index (χ4v) is 2.52. The van der Waals surface area contributed by atoms with Gasteiger partial charge in [0.25, 0.3) is 0 Å². The second kappa shape index (κ2) is 9.40. The molecule has 1 aliphatic carbocycles. The second-order valence-corrected chi connectivity index (χ2v) is 7.02. The van der Waals surface area contributed by atoms with E-state index in [1.165, 1.54) is 12.8 Å². The van der Waals surface area contributed by atoms with Crippen molar-refractivity contribution in [2.45, 2.75) is 64.5 Å². The number of unbranched alkanes of at least 4 members (excludes halogenated alkanes) is 1. The highest BCUT2D eigenvalue weighted by molar-refractivity contribution is 5.04. The fourth-order valence-electron chi connectivity index (χ4n) is 2.52. The molecular formula is C17H33N3O. The summed E-state index contributed by atoms with van der Waals surface area (Å²) in [6.07, 6.45) is 5.84. The minimum atomic E-state index is -0.389. The molecule has 1 saturated carbocycles. The van der Waals surface area contributed by atoms with E-state index in [0.29, 0.717) is 6.04 Å². The Kier molecular flexibility index (Phi) is 8.24. The number of rotatable bonds is 12. The average Bonchev–Trinajstić information content (AvgIpc) is 3.23. The molecule has 0 heterocycles. The smallest absolute Gasteiger partial charge is 0.104 e. The largest absolute Gasteiger partial charge is 0.380 e. The third-order valence-corrected chi connectivity index (χ3v) is 3.99. The molecule has 1 fully saturated rings. The molecule has 0 aliphatic heterocycles. The lowest BCUT2D eigenvalue weighted by Crippen LogP contribution is -2.44. The highest BCUT2D eigenvalue weighted by atomic mass is 16.5. The minimum absolute atomic E-state index is 0.348. The van der Waals surface area contributed by atoms with Crippen LogP contribution in [-0.4, -0.2) is 49.8 Å². The third kappa shape index (κ3) is 9.08. The SMILES string of the molecule is CC(C)NC(C)(C#N)CCCCN(C)CCOCC1CC1. The van der Waals surface area contributed by atoms with Gasteiger partial charge in [0.2, 0.25) is 0 Å². The van der Waals surface area contributed by atoms with Crippen molar-refractivity contribution in [2.75, 3.05) is 33.4 Å². The van der Waals surface area contributed by atoms with Crippen molar-refractivity contribution in [1.29, 1.82) is 5.26 Å². The zero-order valence-electron chi connectivity index (χ0n) is 14.3. The van der Waals surface area contributed by atoms with Crippen molar-refractivity contribution in [2.24, 2.45) is 5.92 Å². The molecule has 4 heteroatoms. The molecule has 0 aromatic heterocycles. The summed E-state index contributed by atoms with van der Waals surface area (Å²) in [7, 11) is 2.15. The van der Waals surface area contributed by atoms with Crippen LogP contribution < -0.4 is 5.32 Å². The summed E-state index contributed by atoms with van der Waals surface area (Å²) in [6, 6.07) is 2.76. The van der Waals surface area contributed by atoms with Crippen LogP contribution >= 0.6 is 0 Å². The maximum absolute atomic E-state index is 9.30. The maximum Gasteiger partial charge on any atom is 0.104 e. The Morgan fingerprint density at radius 1 is 1.33 bits per heavy atom. The molecule has 21 heavy (non-hydrogen) atoms. The molecule has 0 spiro atoms. The Balaban J connectivity index is 2.01. The number of nitrogens with one attached hydrogen (secondary N) is 1. The van der Waals surface area contributed by atoms with Gasteiger partial charge < -0.3 is 9.64 Å². The van der Waals surface area contributed by atoms with Crippen LogP contribution in [0.15, 0.2) is 0 Å². The normalized spacial score (nSPS) is 18.0. The first kappa shape index (κ1) is 18.4. The molecule has 1 N–H and O–H groups in total. The first-order valence-electron chi connectivity index (χ1n) is 8.40. The van der Waals surface area contributed by atoms with Crippen LogP contribution in [0.1, 0.15) is 52.9 Å². The second-order valence-electron chi connectivity index (χ2n) is 7.02. The van der Waals surface area contributed by atoms with Crippen molar-refractivity contribution in [3.63, 3.8) is 0 Å². The van der Waals surface area contributed by atoms with E-state index in [0.717, 1.165) is 51.5 Å². The van der Waals surface area contributed by atoms with Gasteiger partial charge in [-0.25, -0.2) is 0 Å². The van der Waals surface area contributed by atoms with E-state index in [9.17, 15) is 5.26 Å². The number of ether oxygens (including phenoxy) is 1. The van der Waals surface area contributed by atoms with Crippen LogP contribution in [0.4, 0.5) is 0 Å². The van der Waals surface area contributed by atoms with E-state index in [1.54, 1.807) is 0 Å². The lowest BCUT2D eigenvalue weighted by atomic mass is 9.95. The van der Waals surface area contributed by atoms with E-state index in [1.807, 2.05) is 6.92 Å². The topological polar surface area (TPSA) is 48.3 Å². The summed E-state index contributed by atoms with van der Waals surface area (Å²) in [5.41, 5.74) is -0.389. The fraction of sp³-hybridized carbons (Fsp3) is 0.941. The molecule has 1 atom stereocenters. The van der Waals surface area contributed by atoms with E-state index in [4.69, 9.17) is 4.74 Å². The van der Waals surface area contributed by atoms with Gasteiger partial charge >= 0.3 is 0 Å². The minimum Gasteiger partial charge on any atom is -0.380 e. The zero-order valence-corrected chi connectivity index (χ0v) is 14.3. The number of nitriles is 1. The summed E-state index contributed by atoms with van der Waals surface area (Å²) in [5, 5.41) is 12.7. The quantitative estimate of drug-likeness (QED) is 0.562. The van der Waals surface area contributed by atoms with Crippen LogP contribution in [0.5, 0.6) is 0 Å². The van der Waals surface area contributed by atoms with Crippen molar-refractivity contribution in [3.05, 3.63) is 0 Å². The molecule has 122 valence electrons. The summed E-state index contributed by atoms with van der Waals surface area (Å²) >= 11 is 0. The molecule has 0 amide bonds. The van der Waals surface area contributed by atoms with Gasteiger partial charge in [0, 0.05) is 19.2 Å². The van der Waals surface area contributed by atoms with Crippen LogP contribution in [0, 0.1) is 17.2 Å². The molecule has 1 rings (SSSR count). The first-order valence-corrected chi connectivity index (χ1v) is 8.40. The zero-order chi connectivity index (χ0) is 15.7. The lowest BCUT2D eigenvalue weighted by molar-refractivity contribution is 0.103. The number of hydrogen-bond acceptors (Lipinski definition) is 4. The Bertz CT molecular complexity index is 322. The first-order chi connectivity index (χ1) is 9.95. The van der Waals surface area contributed by atoms with Crippen LogP contribution in [0.3, 0.4) is 0 Å². The Labute approximate surface area is 130 Å². The number of likely N-dealkylation sites (N-methyl/N-ethyl adjacent to an activating group) is 1. The van der Waals surface area contributed by atoms with Gasteiger partial charge in [-0.05, 0) is 72.4 Å². The van der Waals surface area contributed by atoms with Gasteiger partial charge in [0.15, 0.2) is 0 Å². The van der Waals surface area contributed by atoms with Crippen LogP contribution in [0.2, 0.25) is 0 Å². The Morgan fingerprint density at radius 2 is 2.05 bits per heavy atom. The predicted octanol–water partition coefficient (Wildman–Crippen LogP) is 2.80. The molecule has 0 saturated heterocycles. The molecular weight excluding hydrogens is 262 g/mol. The molecule has 0 radical (unpaired) electrons. The van der Waals surface area contributed by atoms with Crippen LogP contribution in [-0.2, 0) is 4.74 Å². The van der Waals surface area contributed by atoms with Crippen molar-refractivity contribution in [1.82, 2.24) is 10.2 Å². The summed E-state index contributed by atoms with van der Waals surface area (Å²) in [4.78, 5) is 2.33. The monoisotopic (exact) mass is 295 g/mol.